The summed E-state index contributed by atoms with van der Waals surface area (Å²) in [6, 6.07) is 5.30. The third-order valence-electron chi connectivity index (χ3n) is 3.39. The number of pyridine rings is 1. The van der Waals surface area contributed by atoms with E-state index in [0.717, 1.165) is 4.73 Å². The maximum atomic E-state index is 13.3. The molecule has 1 amide bonds. The maximum Gasteiger partial charge on any atom is 0.291 e. The Morgan fingerprint density at radius 3 is 2.52 bits per heavy atom. The molecule has 0 N–H and O–H groups in total. The van der Waals surface area contributed by atoms with E-state index in [1.54, 1.807) is 4.90 Å². The van der Waals surface area contributed by atoms with Crippen LogP contribution in [0, 0.1) is 5.82 Å². The summed E-state index contributed by atoms with van der Waals surface area (Å²) in [4.78, 5) is 31.4. The Kier molecular flexibility index (Phi) is 4.26. The van der Waals surface area contributed by atoms with Crippen molar-refractivity contribution >= 4 is 16.7 Å². The Morgan fingerprint density at radius 2 is 1.95 bits per heavy atom. The van der Waals surface area contributed by atoms with Gasteiger partial charge in [-0.3, -0.25) is 9.59 Å². The molecule has 0 aliphatic heterocycles. The number of benzene rings is 1. The van der Waals surface area contributed by atoms with Crippen molar-refractivity contribution < 1.29 is 14.0 Å². The molecule has 0 unspecified atom stereocenters. The molecule has 0 spiro atoms. The Balaban J connectivity index is 2.73. The molecule has 6 heteroatoms. The third kappa shape index (κ3) is 2.61. The first-order chi connectivity index (χ1) is 10.0. The molecule has 0 saturated heterocycles. The van der Waals surface area contributed by atoms with Crippen LogP contribution in [0.4, 0.5) is 4.39 Å². The lowest BCUT2D eigenvalue weighted by Crippen LogP contribution is -2.37. The third-order valence-corrected chi connectivity index (χ3v) is 3.39. The Labute approximate surface area is 121 Å². The molecule has 1 aromatic heterocycles. The van der Waals surface area contributed by atoms with E-state index < -0.39 is 11.4 Å². The van der Waals surface area contributed by atoms with Gasteiger partial charge in [-0.2, -0.15) is 0 Å². The van der Waals surface area contributed by atoms with Crippen molar-refractivity contribution in [3.05, 3.63) is 46.1 Å². The summed E-state index contributed by atoms with van der Waals surface area (Å²) in [5.74, 6) is -0.789. The standard InChI is InChI=1S/C15H17FN2O3/c1-4-17(5-2)15(20)13-9-10-8-11(16)6-7-12(10)14(19)18(13)21-3/h6-9H,4-5H2,1-3H3. The van der Waals surface area contributed by atoms with Crippen molar-refractivity contribution in [3.8, 4) is 0 Å². The van der Waals surface area contributed by atoms with Gasteiger partial charge in [0.2, 0.25) is 0 Å². The van der Waals surface area contributed by atoms with Gasteiger partial charge in [0.1, 0.15) is 18.6 Å². The normalized spacial score (nSPS) is 10.7. The van der Waals surface area contributed by atoms with Gasteiger partial charge < -0.3 is 9.74 Å². The van der Waals surface area contributed by atoms with Crippen molar-refractivity contribution in [1.82, 2.24) is 9.63 Å². The maximum absolute atomic E-state index is 13.3. The number of carbonyl (C=O) groups is 1. The SMILES string of the molecule is CCN(CC)C(=O)c1cc2cc(F)ccc2c(=O)n1OC. The van der Waals surface area contributed by atoms with Crippen molar-refractivity contribution in [2.24, 2.45) is 0 Å². The molecular weight excluding hydrogens is 275 g/mol. The predicted molar refractivity (Wildman–Crippen MR) is 77.9 cm³/mol. The van der Waals surface area contributed by atoms with Crippen LogP contribution in [0.3, 0.4) is 0 Å². The summed E-state index contributed by atoms with van der Waals surface area (Å²) in [7, 11) is 1.32. The van der Waals surface area contributed by atoms with Crippen molar-refractivity contribution in [2.75, 3.05) is 20.2 Å². The molecule has 2 aromatic rings. The predicted octanol–water partition coefficient (Wildman–Crippen LogP) is 1.68. The zero-order valence-electron chi connectivity index (χ0n) is 12.2. The van der Waals surface area contributed by atoms with Gasteiger partial charge in [-0.25, -0.2) is 4.39 Å². The van der Waals surface area contributed by atoms with E-state index >= 15 is 0 Å². The van der Waals surface area contributed by atoms with Gasteiger partial charge >= 0.3 is 0 Å². The van der Waals surface area contributed by atoms with Crippen LogP contribution in [0.1, 0.15) is 24.3 Å². The fraction of sp³-hybridized carbons (Fsp3) is 0.333. The molecule has 0 saturated carbocycles. The molecule has 21 heavy (non-hydrogen) atoms. The monoisotopic (exact) mass is 292 g/mol. The Bertz CT molecular complexity index is 736. The number of halogens is 1. The summed E-state index contributed by atoms with van der Waals surface area (Å²) in [6.45, 7) is 4.71. The largest absolute Gasteiger partial charge is 0.413 e. The molecule has 1 aromatic carbocycles. The van der Waals surface area contributed by atoms with Crippen molar-refractivity contribution in [2.45, 2.75) is 13.8 Å². The zero-order chi connectivity index (χ0) is 15.6. The van der Waals surface area contributed by atoms with Crippen LogP contribution in [-0.4, -0.2) is 35.7 Å². The van der Waals surface area contributed by atoms with E-state index in [1.807, 2.05) is 13.8 Å². The quantitative estimate of drug-likeness (QED) is 0.861. The summed E-state index contributed by atoms with van der Waals surface area (Å²) in [6.07, 6.45) is 0. The van der Waals surface area contributed by atoms with Gasteiger partial charge in [0.25, 0.3) is 11.5 Å². The highest BCUT2D eigenvalue weighted by Gasteiger charge is 2.20. The second-order valence-corrected chi connectivity index (χ2v) is 4.52. The minimum Gasteiger partial charge on any atom is -0.413 e. The first-order valence-corrected chi connectivity index (χ1v) is 6.72. The first-order valence-electron chi connectivity index (χ1n) is 6.72. The lowest BCUT2D eigenvalue weighted by molar-refractivity contribution is 0.0706. The first kappa shape index (κ1) is 15.0. The van der Waals surface area contributed by atoms with Gasteiger partial charge in [-0.1, -0.05) is 0 Å². The van der Waals surface area contributed by atoms with E-state index in [9.17, 15) is 14.0 Å². The molecule has 1 heterocycles. The number of nitrogens with zero attached hydrogens (tertiary/aromatic N) is 2. The summed E-state index contributed by atoms with van der Waals surface area (Å²) < 4.78 is 14.3. The number of carbonyl (C=O) groups excluding carboxylic acids is 1. The highest BCUT2D eigenvalue weighted by molar-refractivity contribution is 5.96. The van der Waals surface area contributed by atoms with Crippen LogP contribution in [0.25, 0.3) is 10.8 Å². The topological polar surface area (TPSA) is 51.5 Å². The molecule has 0 aliphatic rings. The number of amides is 1. The molecule has 5 nitrogen and oxygen atoms in total. The van der Waals surface area contributed by atoms with Crippen molar-refractivity contribution in [1.29, 1.82) is 0 Å². The highest BCUT2D eigenvalue weighted by atomic mass is 19.1. The summed E-state index contributed by atoms with van der Waals surface area (Å²) in [5, 5.41) is 0.679. The number of aromatic nitrogens is 1. The molecule has 0 aliphatic carbocycles. The minimum atomic E-state index is -0.481. The van der Waals surface area contributed by atoms with E-state index in [-0.39, 0.29) is 11.6 Å². The minimum absolute atomic E-state index is 0.0873. The second kappa shape index (κ2) is 5.95. The average Bonchev–Trinajstić information content (AvgIpc) is 2.47. The van der Waals surface area contributed by atoms with Crippen LogP contribution >= 0.6 is 0 Å². The van der Waals surface area contributed by atoms with Crippen LogP contribution < -0.4 is 10.4 Å². The van der Waals surface area contributed by atoms with Gasteiger partial charge in [-0.05, 0) is 43.5 Å². The van der Waals surface area contributed by atoms with E-state index in [2.05, 4.69) is 0 Å². The number of rotatable bonds is 4. The molecule has 0 fully saturated rings. The smallest absolute Gasteiger partial charge is 0.291 e. The van der Waals surface area contributed by atoms with Gasteiger partial charge in [0, 0.05) is 13.1 Å². The van der Waals surface area contributed by atoms with Crippen LogP contribution in [0.2, 0.25) is 0 Å². The van der Waals surface area contributed by atoms with Crippen LogP contribution in [0.5, 0.6) is 0 Å². The molecule has 0 atom stereocenters. The molecule has 0 bridgehead atoms. The lowest BCUT2D eigenvalue weighted by atomic mass is 10.1. The van der Waals surface area contributed by atoms with Crippen LogP contribution in [-0.2, 0) is 0 Å². The van der Waals surface area contributed by atoms with E-state index in [4.69, 9.17) is 4.84 Å². The fourth-order valence-corrected chi connectivity index (χ4v) is 2.28. The Hall–Kier alpha value is -2.37. The van der Waals surface area contributed by atoms with E-state index in [0.29, 0.717) is 23.9 Å². The van der Waals surface area contributed by atoms with Gasteiger partial charge in [-0.15, -0.1) is 4.73 Å². The number of fused-ring (bicyclic) bond motifs is 1. The Morgan fingerprint density at radius 1 is 1.29 bits per heavy atom. The van der Waals surface area contributed by atoms with E-state index in [1.165, 1.54) is 31.4 Å². The van der Waals surface area contributed by atoms with Gasteiger partial charge in [0.05, 0.1) is 5.39 Å². The van der Waals surface area contributed by atoms with Gasteiger partial charge in [0.15, 0.2) is 0 Å². The molecule has 112 valence electrons. The molecule has 2 rings (SSSR count). The average molecular weight is 292 g/mol. The second-order valence-electron chi connectivity index (χ2n) is 4.52. The van der Waals surface area contributed by atoms with Crippen LogP contribution in [0.15, 0.2) is 29.1 Å². The lowest BCUT2D eigenvalue weighted by Gasteiger charge is -2.20. The summed E-state index contributed by atoms with van der Waals surface area (Å²) in [5.41, 5.74) is -0.394. The molecule has 0 radical (unpaired) electrons. The molecular formula is C15H17FN2O3. The van der Waals surface area contributed by atoms with Crippen molar-refractivity contribution in [3.63, 3.8) is 0 Å². The number of hydrogen-bond donors (Lipinski definition) is 0. The highest BCUT2D eigenvalue weighted by Crippen LogP contribution is 2.15. The zero-order valence-corrected chi connectivity index (χ0v) is 12.2. The summed E-state index contributed by atoms with van der Waals surface area (Å²) >= 11 is 0. The number of hydrogen-bond acceptors (Lipinski definition) is 3. The fourth-order valence-electron chi connectivity index (χ4n) is 2.28.